The second-order valence-electron chi connectivity index (χ2n) is 4.76. The number of carbonyl (C=O) groups is 2. The van der Waals surface area contributed by atoms with Gasteiger partial charge in [0.05, 0.1) is 6.61 Å². The van der Waals surface area contributed by atoms with E-state index in [4.69, 9.17) is 9.84 Å². The Morgan fingerprint density at radius 1 is 1.39 bits per heavy atom. The van der Waals surface area contributed by atoms with Crippen molar-refractivity contribution in [3.63, 3.8) is 0 Å². The second-order valence-corrected chi connectivity index (χ2v) is 4.76. The summed E-state index contributed by atoms with van der Waals surface area (Å²) in [4.78, 5) is 24.6. The van der Waals surface area contributed by atoms with Crippen LogP contribution < -0.4 is 5.32 Å². The Morgan fingerprint density at radius 2 is 2.00 bits per heavy atom. The molecule has 0 aromatic rings. The molecule has 0 aromatic heterocycles. The normalized spacial score (nSPS) is 16.8. The molecule has 1 rings (SSSR count). The van der Waals surface area contributed by atoms with Gasteiger partial charge in [0.2, 0.25) is 5.91 Å². The Bertz CT molecular complexity index is 286. The number of amides is 2. The van der Waals surface area contributed by atoms with Gasteiger partial charge in [0, 0.05) is 25.0 Å². The topological polar surface area (TPSA) is 78.9 Å². The minimum atomic E-state index is -0.391. The Morgan fingerprint density at radius 3 is 2.50 bits per heavy atom. The lowest BCUT2D eigenvalue weighted by Crippen LogP contribution is -2.47. The second kappa shape index (κ2) is 7.20. The summed E-state index contributed by atoms with van der Waals surface area (Å²) in [6.07, 6.45) is 1.09. The molecule has 1 aliphatic rings. The van der Waals surface area contributed by atoms with E-state index < -0.39 is 6.09 Å². The third-order valence-electron chi connectivity index (χ3n) is 2.94. The highest BCUT2D eigenvalue weighted by Crippen LogP contribution is 2.12. The fraction of sp³-hybridized carbons (Fsp3) is 0.833. The first-order valence-electron chi connectivity index (χ1n) is 6.37. The maximum Gasteiger partial charge on any atom is 0.409 e. The van der Waals surface area contributed by atoms with Gasteiger partial charge in [-0.3, -0.25) is 4.79 Å². The van der Waals surface area contributed by atoms with Crippen LogP contribution in [0, 0.1) is 5.92 Å². The van der Waals surface area contributed by atoms with E-state index in [0.717, 1.165) is 12.8 Å². The number of nitrogens with one attached hydrogen (secondary N) is 1. The molecule has 6 nitrogen and oxygen atoms in total. The SMILES string of the molecule is CC(C)C(=O)NC1CCN(C(=O)OCCO)CC1. The van der Waals surface area contributed by atoms with E-state index in [1.54, 1.807) is 4.90 Å². The van der Waals surface area contributed by atoms with Crippen LogP contribution in [0.3, 0.4) is 0 Å². The van der Waals surface area contributed by atoms with Crippen LogP contribution in [0.25, 0.3) is 0 Å². The largest absolute Gasteiger partial charge is 0.447 e. The number of aliphatic hydroxyl groups excluding tert-OH is 1. The maximum absolute atomic E-state index is 11.5. The zero-order chi connectivity index (χ0) is 13.5. The number of piperidine rings is 1. The van der Waals surface area contributed by atoms with E-state index in [1.165, 1.54) is 0 Å². The van der Waals surface area contributed by atoms with E-state index in [0.29, 0.717) is 13.1 Å². The van der Waals surface area contributed by atoms with Crippen LogP contribution >= 0.6 is 0 Å². The van der Waals surface area contributed by atoms with Crippen LogP contribution in [-0.4, -0.2) is 54.4 Å². The molecule has 1 saturated heterocycles. The summed E-state index contributed by atoms with van der Waals surface area (Å²) in [5, 5.41) is 11.5. The van der Waals surface area contributed by atoms with E-state index in [2.05, 4.69) is 5.32 Å². The van der Waals surface area contributed by atoms with E-state index >= 15 is 0 Å². The van der Waals surface area contributed by atoms with Gasteiger partial charge in [-0.15, -0.1) is 0 Å². The Hall–Kier alpha value is -1.30. The van der Waals surface area contributed by atoms with Crippen LogP contribution in [0.1, 0.15) is 26.7 Å². The van der Waals surface area contributed by atoms with Gasteiger partial charge in [0.15, 0.2) is 0 Å². The Balaban J connectivity index is 2.28. The molecular weight excluding hydrogens is 236 g/mol. The molecule has 0 unspecified atom stereocenters. The monoisotopic (exact) mass is 258 g/mol. The first-order chi connectivity index (χ1) is 8.54. The molecule has 0 aliphatic carbocycles. The molecule has 0 radical (unpaired) electrons. The summed E-state index contributed by atoms with van der Waals surface area (Å²) in [7, 11) is 0. The van der Waals surface area contributed by atoms with Gasteiger partial charge in [-0.05, 0) is 12.8 Å². The fourth-order valence-electron chi connectivity index (χ4n) is 1.80. The van der Waals surface area contributed by atoms with Gasteiger partial charge in [0.25, 0.3) is 0 Å². The smallest absolute Gasteiger partial charge is 0.409 e. The third kappa shape index (κ3) is 4.52. The summed E-state index contributed by atoms with van der Waals surface area (Å²) in [6, 6.07) is 0.141. The number of ether oxygens (including phenoxy) is 1. The van der Waals surface area contributed by atoms with Crippen molar-refractivity contribution in [1.82, 2.24) is 10.2 Å². The number of hydrogen-bond acceptors (Lipinski definition) is 4. The number of carbonyl (C=O) groups excluding carboxylic acids is 2. The quantitative estimate of drug-likeness (QED) is 0.762. The average Bonchev–Trinajstić information content (AvgIpc) is 2.36. The third-order valence-corrected chi connectivity index (χ3v) is 2.94. The van der Waals surface area contributed by atoms with Gasteiger partial charge >= 0.3 is 6.09 Å². The summed E-state index contributed by atoms with van der Waals surface area (Å²) >= 11 is 0. The molecule has 1 fully saturated rings. The fourth-order valence-corrected chi connectivity index (χ4v) is 1.80. The van der Waals surface area contributed by atoms with Gasteiger partial charge in [-0.25, -0.2) is 4.79 Å². The molecule has 2 N–H and O–H groups in total. The van der Waals surface area contributed by atoms with Crippen molar-refractivity contribution in [2.75, 3.05) is 26.3 Å². The summed E-state index contributed by atoms with van der Waals surface area (Å²) in [6.45, 7) is 4.74. The van der Waals surface area contributed by atoms with Gasteiger partial charge < -0.3 is 20.1 Å². The van der Waals surface area contributed by atoms with Gasteiger partial charge in [0.1, 0.15) is 6.61 Å². The lowest BCUT2D eigenvalue weighted by Gasteiger charge is -2.32. The minimum absolute atomic E-state index is 0.0162. The summed E-state index contributed by atoms with van der Waals surface area (Å²) < 4.78 is 4.83. The number of rotatable bonds is 4. The molecule has 18 heavy (non-hydrogen) atoms. The molecule has 104 valence electrons. The molecule has 1 heterocycles. The van der Waals surface area contributed by atoms with Crippen molar-refractivity contribution in [2.24, 2.45) is 5.92 Å². The van der Waals surface area contributed by atoms with Crippen molar-refractivity contribution in [1.29, 1.82) is 0 Å². The van der Waals surface area contributed by atoms with Crippen molar-refractivity contribution >= 4 is 12.0 Å². The number of nitrogens with zero attached hydrogens (tertiary/aromatic N) is 1. The predicted octanol–water partition coefficient (Wildman–Crippen LogP) is 0.352. The van der Waals surface area contributed by atoms with Crippen molar-refractivity contribution < 1.29 is 19.4 Å². The first-order valence-corrected chi connectivity index (χ1v) is 6.37. The van der Waals surface area contributed by atoms with E-state index in [1.807, 2.05) is 13.8 Å². The van der Waals surface area contributed by atoms with Crippen LogP contribution in [0.4, 0.5) is 4.79 Å². The van der Waals surface area contributed by atoms with Crippen LogP contribution in [0.5, 0.6) is 0 Å². The van der Waals surface area contributed by atoms with Crippen molar-refractivity contribution in [2.45, 2.75) is 32.7 Å². The van der Waals surface area contributed by atoms with E-state index in [-0.39, 0.29) is 31.1 Å². The lowest BCUT2D eigenvalue weighted by atomic mass is 10.0. The first kappa shape index (κ1) is 14.8. The zero-order valence-electron chi connectivity index (χ0n) is 11.0. The molecular formula is C12H22N2O4. The molecule has 1 aliphatic heterocycles. The Kier molecular flexibility index (Phi) is 5.91. The zero-order valence-corrected chi connectivity index (χ0v) is 11.0. The maximum atomic E-state index is 11.5. The minimum Gasteiger partial charge on any atom is -0.447 e. The summed E-state index contributed by atoms with van der Waals surface area (Å²) in [5.41, 5.74) is 0. The van der Waals surface area contributed by atoms with Crippen LogP contribution in [0.15, 0.2) is 0 Å². The standard InChI is InChI=1S/C12H22N2O4/c1-9(2)11(16)13-10-3-5-14(6-4-10)12(17)18-8-7-15/h9-10,15H,3-8H2,1-2H3,(H,13,16). The summed E-state index contributed by atoms with van der Waals surface area (Å²) in [5.74, 6) is 0.0360. The molecule has 0 spiro atoms. The molecule has 6 heteroatoms. The molecule has 0 atom stereocenters. The molecule has 0 bridgehead atoms. The molecule has 0 aromatic carbocycles. The highest BCUT2D eigenvalue weighted by Gasteiger charge is 2.25. The van der Waals surface area contributed by atoms with Crippen LogP contribution in [0.2, 0.25) is 0 Å². The Labute approximate surface area is 107 Å². The molecule has 2 amide bonds. The number of hydrogen-bond donors (Lipinski definition) is 2. The number of aliphatic hydroxyl groups is 1. The number of likely N-dealkylation sites (tertiary alicyclic amines) is 1. The van der Waals surface area contributed by atoms with Crippen molar-refractivity contribution in [3.8, 4) is 0 Å². The van der Waals surface area contributed by atoms with Crippen LogP contribution in [-0.2, 0) is 9.53 Å². The average molecular weight is 258 g/mol. The molecule has 0 saturated carbocycles. The lowest BCUT2D eigenvalue weighted by molar-refractivity contribution is -0.125. The van der Waals surface area contributed by atoms with Crippen molar-refractivity contribution in [3.05, 3.63) is 0 Å². The predicted molar refractivity (Wildman–Crippen MR) is 66.0 cm³/mol. The van der Waals surface area contributed by atoms with Gasteiger partial charge in [-0.2, -0.15) is 0 Å². The van der Waals surface area contributed by atoms with E-state index in [9.17, 15) is 9.59 Å². The van der Waals surface area contributed by atoms with Gasteiger partial charge in [-0.1, -0.05) is 13.8 Å². The highest BCUT2D eigenvalue weighted by molar-refractivity contribution is 5.78. The highest BCUT2D eigenvalue weighted by atomic mass is 16.6.